The number of aromatic nitrogens is 2. The van der Waals surface area contributed by atoms with E-state index in [-0.39, 0.29) is 5.75 Å². The van der Waals surface area contributed by atoms with Gasteiger partial charge in [0.2, 0.25) is 10.0 Å². The lowest BCUT2D eigenvalue weighted by Gasteiger charge is -2.35. The van der Waals surface area contributed by atoms with Crippen LogP contribution in [0.4, 0.5) is 11.6 Å². The molecule has 0 atom stereocenters. The maximum absolute atomic E-state index is 12.8. The number of hydrogen-bond acceptors (Lipinski definition) is 6. The van der Waals surface area contributed by atoms with Crippen LogP contribution in [0.2, 0.25) is 0 Å². The van der Waals surface area contributed by atoms with Crippen molar-refractivity contribution >= 4 is 21.7 Å². The fraction of sp³-hybridized carbons (Fsp3) is 0.474. The number of hydrogen-bond donors (Lipinski definition) is 0. The number of sulfonamides is 1. The zero-order chi connectivity index (χ0) is 19.6. The molecule has 0 radical (unpaired) electrons. The number of nitrogens with zero attached hydrogens (tertiary/aromatic N) is 5. The van der Waals surface area contributed by atoms with Gasteiger partial charge in [-0.25, -0.2) is 18.4 Å². The second kappa shape index (κ2) is 7.82. The van der Waals surface area contributed by atoms with Crippen LogP contribution in [-0.4, -0.2) is 63.0 Å². The Morgan fingerprint density at radius 3 is 2.37 bits per heavy atom. The van der Waals surface area contributed by atoms with Gasteiger partial charge in [0.25, 0.3) is 0 Å². The van der Waals surface area contributed by atoms with E-state index in [0.29, 0.717) is 32.0 Å². The van der Waals surface area contributed by atoms with Gasteiger partial charge in [0.15, 0.2) is 0 Å². The molecule has 2 aromatic rings. The highest BCUT2D eigenvalue weighted by molar-refractivity contribution is 7.88. The van der Waals surface area contributed by atoms with E-state index in [1.54, 1.807) is 4.31 Å². The highest BCUT2D eigenvalue weighted by Gasteiger charge is 2.28. The molecule has 0 unspecified atom stereocenters. The number of aryl methyl sites for hydroxylation is 2. The first kappa shape index (κ1) is 19.6. The molecule has 0 aliphatic carbocycles. The molecule has 1 fully saturated rings. The van der Waals surface area contributed by atoms with Crippen LogP contribution < -0.4 is 9.80 Å². The predicted octanol–water partition coefficient (Wildman–Crippen LogP) is 1.81. The maximum Gasteiger partial charge on any atom is 0.218 e. The van der Waals surface area contributed by atoms with Crippen LogP contribution in [0.5, 0.6) is 0 Å². The highest BCUT2D eigenvalue weighted by atomic mass is 32.2. The molecule has 0 bridgehead atoms. The lowest BCUT2D eigenvalue weighted by Crippen LogP contribution is -2.49. The zero-order valence-corrected chi connectivity index (χ0v) is 17.2. The van der Waals surface area contributed by atoms with Gasteiger partial charge in [-0.1, -0.05) is 29.8 Å². The van der Waals surface area contributed by atoms with Crippen LogP contribution in [0, 0.1) is 13.8 Å². The monoisotopic (exact) mass is 389 g/mol. The number of rotatable bonds is 5. The molecule has 146 valence electrons. The highest BCUT2D eigenvalue weighted by Crippen LogP contribution is 2.21. The molecule has 27 heavy (non-hydrogen) atoms. The first-order valence-corrected chi connectivity index (χ1v) is 10.7. The van der Waals surface area contributed by atoms with E-state index in [1.165, 1.54) is 0 Å². The zero-order valence-electron chi connectivity index (χ0n) is 16.4. The topological polar surface area (TPSA) is 69.6 Å². The average molecular weight is 390 g/mol. The quantitative estimate of drug-likeness (QED) is 0.777. The first-order valence-electron chi connectivity index (χ1n) is 9.06. The maximum atomic E-state index is 12.8. The summed E-state index contributed by atoms with van der Waals surface area (Å²) in [6.45, 7) is 6.02. The molecule has 0 saturated carbocycles. The van der Waals surface area contributed by atoms with E-state index in [2.05, 4.69) is 14.9 Å². The Morgan fingerprint density at radius 1 is 1.04 bits per heavy atom. The Labute approximate surface area is 161 Å². The predicted molar refractivity (Wildman–Crippen MR) is 109 cm³/mol. The SMILES string of the molecule is Cc1cccc(CS(=O)(=O)N2CCN(c3cc(N(C)C)nc(C)n3)CC2)c1. The van der Waals surface area contributed by atoms with Crippen LogP contribution in [0.25, 0.3) is 0 Å². The normalized spacial score (nSPS) is 15.8. The van der Waals surface area contributed by atoms with Crippen LogP contribution in [0.3, 0.4) is 0 Å². The van der Waals surface area contributed by atoms with Gasteiger partial charge in [-0.3, -0.25) is 0 Å². The Morgan fingerprint density at radius 2 is 1.74 bits per heavy atom. The van der Waals surface area contributed by atoms with Crippen molar-refractivity contribution in [3.05, 3.63) is 47.3 Å². The van der Waals surface area contributed by atoms with Gasteiger partial charge in [0.1, 0.15) is 17.5 Å². The van der Waals surface area contributed by atoms with Gasteiger partial charge < -0.3 is 9.80 Å². The largest absolute Gasteiger partial charge is 0.363 e. The molecule has 1 aliphatic heterocycles. The minimum absolute atomic E-state index is 0.0477. The molecule has 1 saturated heterocycles. The Bertz CT molecular complexity index is 906. The van der Waals surface area contributed by atoms with Gasteiger partial charge >= 0.3 is 0 Å². The van der Waals surface area contributed by atoms with Gasteiger partial charge in [0, 0.05) is 46.3 Å². The molecule has 3 rings (SSSR count). The molecule has 0 spiro atoms. The van der Waals surface area contributed by atoms with Gasteiger partial charge in [-0.2, -0.15) is 4.31 Å². The minimum Gasteiger partial charge on any atom is -0.363 e. The van der Waals surface area contributed by atoms with Crippen molar-refractivity contribution in [3.63, 3.8) is 0 Å². The van der Waals surface area contributed by atoms with Crippen LogP contribution in [0.1, 0.15) is 17.0 Å². The third-order valence-corrected chi connectivity index (χ3v) is 6.51. The Kier molecular flexibility index (Phi) is 5.67. The first-order chi connectivity index (χ1) is 12.7. The standard InChI is InChI=1S/C19H27N5O2S/c1-15-6-5-7-17(12-15)14-27(25,26)24-10-8-23(9-11-24)19-13-18(22(3)4)20-16(2)21-19/h5-7,12-13H,8-11,14H2,1-4H3. The fourth-order valence-electron chi connectivity index (χ4n) is 3.23. The van der Waals surface area contributed by atoms with Crippen LogP contribution in [-0.2, 0) is 15.8 Å². The van der Waals surface area contributed by atoms with Crippen molar-refractivity contribution in [2.45, 2.75) is 19.6 Å². The van der Waals surface area contributed by atoms with E-state index in [1.807, 2.05) is 63.2 Å². The van der Waals surface area contributed by atoms with E-state index in [4.69, 9.17) is 0 Å². The molecule has 0 N–H and O–H groups in total. The molecule has 1 aromatic heterocycles. The molecular weight excluding hydrogens is 362 g/mol. The van der Waals surface area contributed by atoms with Crippen molar-refractivity contribution < 1.29 is 8.42 Å². The van der Waals surface area contributed by atoms with E-state index < -0.39 is 10.0 Å². The molecule has 0 amide bonds. The fourth-order valence-corrected chi connectivity index (χ4v) is 4.73. The summed E-state index contributed by atoms with van der Waals surface area (Å²) in [5.74, 6) is 2.46. The van der Waals surface area contributed by atoms with Crippen LogP contribution >= 0.6 is 0 Å². The molecule has 1 aromatic carbocycles. The molecule has 7 nitrogen and oxygen atoms in total. The van der Waals surface area contributed by atoms with Crippen molar-refractivity contribution in [2.75, 3.05) is 50.1 Å². The van der Waals surface area contributed by atoms with Crippen molar-refractivity contribution in [1.29, 1.82) is 0 Å². The summed E-state index contributed by atoms with van der Waals surface area (Å²) in [6, 6.07) is 9.62. The summed E-state index contributed by atoms with van der Waals surface area (Å²) in [7, 11) is 0.569. The van der Waals surface area contributed by atoms with E-state index in [9.17, 15) is 8.42 Å². The Balaban J connectivity index is 1.68. The van der Waals surface area contributed by atoms with E-state index >= 15 is 0 Å². The van der Waals surface area contributed by atoms with Crippen molar-refractivity contribution in [3.8, 4) is 0 Å². The minimum atomic E-state index is -3.32. The van der Waals surface area contributed by atoms with Gasteiger partial charge in [-0.15, -0.1) is 0 Å². The molecule has 8 heteroatoms. The smallest absolute Gasteiger partial charge is 0.218 e. The third-order valence-electron chi connectivity index (χ3n) is 4.66. The summed E-state index contributed by atoms with van der Waals surface area (Å²) in [6.07, 6.45) is 0. The van der Waals surface area contributed by atoms with Gasteiger partial charge in [0.05, 0.1) is 5.75 Å². The Hall–Kier alpha value is -2.19. The number of piperazine rings is 1. The number of benzene rings is 1. The third kappa shape index (κ3) is 4.75. The van der Waals surface area contributed by atoms with Gasteiger partial charge in [-0.05, 0) is 19.4 Å². The molecule has 1 aliphatic rings. The van der Waals surface area contributed by atoms with E-state index in [0.717, 1.165) is 22.8 Å². The lowest BCUT2D eigenvalue weighted by molar-refractivity contribution is 0.383. The lowest BCUT2D eigenvalue weighted by atomic mass is 10.2. The summed E-state index contributed by atoms with van der Waals surface area (Å²) in [4.78, 5) is 13.0. The van der Waals surface area contributed by atoms with Crippen molar-refractivity contribution in [1.82, 2.24) is 14.3 Å². The summed E-state index contributed by atoms with van der Waals surface area (Å²) in [5, 5.41) is 0. The van der Waals surface area contributed by atoms with Crippen molar-refractivity contribution in [2.24, 2.45) is 0 Å². The molecular formula is C19H27N5O2S. The summed E-state index contributed by atoms with van der Waals surface area (Å²) < 4.78 is 27.2. The van der Waals surface area contributed by atoms with Crippen LogP contribution in [0.15, 0.2) is 30.3 Å². The second-order valence-corrected chi connectivity index (χ2v) is 9.13. The average Bonchev–Trinajstić information content (AvgIpc) is 2.61. The molecule has 2 heterocycles. The number of anilines is 2. The summed E-state index contributed by atoms with van der Waals surface area (Å²) >= 11 is 0. The second-order valence-electron chi connectivity index (χ2n) is 7.16. The summed E-state index contributed by atoms with van der Waals surface area (Å²) in [5.41, 5.74) is 1.91.